The average molecular weight is 184 g/mol. The number of ketones is 1. The van der Waals surface area contributed by atoms with Gasteiger partial charge in [0.15, 0.2) is 5.78 Å². The van der Waals surface area contributed by atoms with Crippen LogP contribution >= 0.6 is 11.6 Å². The molecule has 0 atom stereocenters. The number of anilines is 1. The van der Waals surface area contributed by atoms with Crippen LogP contribution in [0.15, 0.2) is 18.2 Å². The Morgan fingerprint density at radius 1 is 1.58 bits per heavy atom. The van der Waals surface area contributed by atoms with Gasteiger partial charge in [0.2, 0.25) is 0 Å². The Morgan fingerprint density at radius 3 is 2.67 bits per heavy atom. The van der Waals surface area contributed by atoms with Crippen molar-refractivity contribution in [3.8, 4) is 0 Å². The largest absolute Gasteiger partial charge is 0.398 e. The Morgan fingerprint density at radius 2 is 2.25 bits per heavy atom. The standard InChI is InChI=1S/C9H10ClNO/c1-6(12)9-7(5-10)3-2-4-8(9)11/h2-4H,5,11H2,1H3. The lowest BCUT2D eigenvalue weighted by atomic mass is 10.0. The number of hydrogen-bond acceptors (Lipinski definition) is 2. The Bertz CT molecular complexity index is 309. The molecule has 3 heteroatoms. The van der Waals surface area contributed by atoms with E-state index in [1.54, 1.807) is 18.2 Å². The van der Waals surface area contributed by atoms with E-state index in [0.717, 1.165) is 5.56 Å². The van der Waals surface area contributed by atoms with Crippen LogP contribution in [0.1, 0.15) is 22.8 Å². The topological polar surface area (TPSA) is 43.1 Å². The highest BCUT2D eigenvalue weighted by atomic mass is 35.5. The Hall–Kier alpha value is -1.02. The summed E-state index contributed by atoms with van der Waals surface area (Å²) >= 11 is 5.64. The van der Waals surface area contributed by atoms with Crippen molar-refractivity contribution in [1.29, 1.82) is 0 Å². The molecule has 0 bridgehead atoms. The number of nitrogen functional groups attached to an aromatic ring is 1. The molecular weight excluding hydrogens is 174 g/mol. The van der Waals surface area contributed by atoms with Crippen molar-refractivity contribution in [2.24, 2.45) is 0 Å². The molecule has 0 unspecified atom stereocenters. The zero-order chi connectivity index (χ0) is 9.14. The highest BCUT2D eigenvalue weighted by molar-refractivity contribution is 6.18. The van der Waals surface area contributed by atoms with E-state index < -0.39 is 0 Å². The monoisotopic (exact) mass is 183 g/mol. The molecule has 0 fully saturated rings. The number of nitrogens with two attached hydrogens (primary N) is 1. The number of hydrogen-bond donors (Lipinski definition) is 1. The molecule has 1 rings (SSSR count). The lowest BCUT2D eigenvalue weighted by Gasteiger charge is -2.05. The normalized spacial score (nSPS) is 9.83. The van der Waals surface area contributed by atoms with E-state index in [-0.39, 0.29) is 5.78 Å². The van der Waals surface area contributed by atoms with Crippen LogP contribution in [0.2, 0.25) is 0 Å². The maximum absolute atomic E-state index is 11.1. The van der Waals surface area contributed by atoms with Crippen molar-refractivity contribution < 1.29 is 4.79 Å². The third-order valence-electron chi connectivity index (χ3n) is 1.68. The minimum atomic E-state index is -0.0382. The summed E-state index contributed by atoms with van der Waals surface area (Å²) in [6.07, 6.45) is 0. The first-order chi connectivity index (χ1) is 5.66. The molecule has 0 aliphatic rings. The van der Waals surface area contributed by atoms with Crippen LogP contribution in [0.5, 0.6) is 0 Å². The molecule has 0 aliphatic heterocycles. The maximum atomic E-state index is 11.1. The first kappa shape index (κ1) is 9.07. The predicted octanol–water partition coefficient (Wildman–Crippen LogP) is 2.21. The van der Waals surface area contributed by atoms with Gasteiger partial charge in [-0.05, 0) is 18.6 Å². The fraction of sp³-hybridized carbons (Fsp3) is 0.222. The second-order valence-electron chi connectivity index (χ2n) is 2.57. The van der Waals surface area contributed by atoms with Crippen LogP contribution < -0.4 is 5.73 Å². The van der Waals surface area contributed by atoms with Crippen molar-refractivity contribution in [2.45, 2.75) is 12.8 Å². The van der Waals surface area contributed by atoms with Gasteiger partial charge in [0.1, 0.15) is 0 Å². The molecular formula is C9H10ClNO. The minimum absolute atomic E-state index is 0.0382. The molecule has 0 saturated carbocycles. The molecule has 12 heavy (non-hydrogen) atoms. The molecule has 0 aromatic heterocycles. The highest BCUT2D eigenvalue weighted by Crippen LogP contribution is 2.18. The number of carbonyl (C=O) groups excluding carboxylic acids is 1. The second-order valence-corrected chi connectivity index (χ2v) is 2.84. The number of benzene rings is 1. The summed E-state index contributed by atoms with van der Waals surface area (Å²) in [5.74, 6) is 0.281. The molecule has 0 spiro atoms. The summed E-state index contributed by atoms with van der Waals surface area (Å²) in [6.45, 7) is 1.49. The van der Waals surface area contributed by atoms with E-state index >= 15 is 0 Å². The van der Waals surface area contributed by atoms with Gasteiger partial charge in [-0.2, -0.15) is 0 Å². The van der Waals surface area contributed by atoms with E-state index in [9.17, 15) is 4.79 Å². The molecule has 64 valence electrons. The summed E-state index contributed by atoms with van der Waals surface area (Å²) in [5, 5.41) is 0. The van der Waals surface area contributed by atoms with Crippen LogP contribution in [0, 0.1) is 0 Å². The van der Waals surface area contributed by atoms with E-state index in [1.165, 1.54) is 6.92 Å². The van der Waals surface area contributed by atoms with Crippen LogP contribution in [0.25, 0.3) is 0 Å². The molecule has 0 radical (unpaired) electrons. The Kier molecular flexibility index (Phi) is 2.71. The molecule has 0 aliphatic carbocycles. The average Bonchev–Trinajstić information content (AvgIpc) is 2.03. The van der Waals surface area contributed by atoms with Gasteiger partial charge >= 0.3 is 0 Å². The fourth-order valence-corrected chi connectivity index (χ4v) is 1.38. The first-order valence-corrected chi connectivity index (χ1v) is 4.14. The molecule has 0 saturated heterocycles. The van der Waals surface area contributed by atoms with Gasteiger partial charge in [0.05, 0.1) is 0 Å². The SMILES string of the molecule is CC(=O)c1c(N)cccc1CCl. The zero-order valence-electron chi connectivity index (χ0n) is 6.80. The summed E-state index contributed by atoms with van der Waals surface area (Å²) in [4.78, 5) is 11.1. The molecule has 0 heterocycles. The van der Waals surface area contributed by atoms with E-state index in [4.69, 9.17) is 17.3 Å². The number of rotatable bonds is 2. The minimum Gasteiger partial charge on any atom is -0.398 e. The molecule has 1 aromatic rings. The summed E-state index contributed by atoms with van der Waals surface area (Å²) in [7, 11) is 0. The van der Waals surface area contributed by atoms with Crippen LogP contribution in [0.3, 0.4) is 0 Å². The molecule has 2 nitrogen and oxygen atoms in total. The van der Waals surface area contributed by atoms with Gasteiger partial charge in [-0.25, -0.2) is 0 Å². The van der Waals surface area contributed by atoms with Crippen molar-refractivity contribution in [3.63, 3.8) is 0 Å². The maximum Gasteiger partial charge on any atom is 0.162 e. The highest BCUT2D eigenvalue weighted by Gasteiger charge is 2.08. The van der Waals surface area contributed by atoms with Crippen LogP contribution in [-0.2, 0) is 5.88 Å². The van der Waals surface area contributed by atoms with Gasteiger partial charge < -0.3 is 5.73 Å². The summed E-state index contributed by atoms with van der Waals surface area (Å²) in [5.41, 5.74) is 7.46. The van der Waals surface area contributed by atoms with Crippen molar-refractivity contribution in [1.82, 2.24) is 0 Å². The number of carbonyl (C=O) groups is 1. The van der Waals surface area contributed by atoms with Crippen LogP contribution in [-0.4, -0.2) is 5.78 Å². The lowest BCUT2D eigenvalue weighted by Crippen LogP contribution is -2.03. The lowest BCUT2D eigenvalue weighted by molar-refractivity contribution is 0.101. The van der Waals surface area contributed by atoms with Crippen molar-refractivity contribution >= 4 is 23.1 Å². The third-order valence-corrected chi connectivity index (χ3v) is 1.97. The molecule has 0 amide bonds. The Labute approximate surface area is 76.3 Å². The summed E-state index contributed by atoms with van der Waals surface area (Å²) in [6, 6.07) is 5.30. The van der Waals surface area contributed by atoms with Crippen molar-refractivity contribution in [3.05, 3.63) is 29.3 Å². The zero-order valence-corrected chi connectivity index (χ0v) is 7.56. The number of halogens is 1. The predicted molar refractivity (Wildman–Crippen MR) is 50.4 cm³/mol. The van der Waals surface area contributed by atoms with Gasteiger partial charge in [-0.1, -0.05) is 12.1 Å². The second kappa shape index (κ2) is 3.59. The summed E-state index contributed by atoms with van der Waals surface area (Å²) < 4.78 is 0. The van der Waals surface area contributed by atoms with Gasteiger partial charge in [-0.15, -0.1) is 11.6 Å². The first-order valence-electron chi connectivity index (χ1n) is 3.61. The number of Topliss-reactive ketones (excluding diaryl/α,β-unsaturated/α-hetero) is 1. The molecule has 1 aromatic carbocycles. The third kappa shape index (κ3) is 1.59. The molecule has 2 N–H and O–H groups in total. The van der Waals surface area contributed by atoms with E-state index in [2.05, 4.69) is 0 Å². The van der Waals surface area contributed by atoms with E-state index in [0.29, 0.717) is 17.1 Å². The van der Waals surface area contributed by atoms with Gasteiger partial charge in [0, 0.05) is 17.1 Å². The number of alkyl halides is 1. The van der Waals surface area contributed by atoms with E-state index in [1.807, 2.05) is 0 Å². The smallest absolute Gasteiger partial charge is 0.162 e. The quantitative estimate of drug-likeness (QED) is 0.434. The Balaban J connectivity index is 3.29. The van der Waals surface area contributed by atoms with Gasteiger partial charge in [-0.3, -0.25) is 4.79 Å². The van der Waals surface area contributed by atoms with Crippen LogP contribution in [0.4, 0.5) is 5.69 Å². The van der Waals surface area contributed by atoms with Crippen molar-refractivity contribution in [2.75, 3.05) is 5.73 Å². The van der Waals surface area contributed by atoms with Gasteiger partial charge in [0.25, 0.3) is 0 Å². The fourth-order valence-electron chi connectivity index (χ4n) is 1.16.